The van der Waals surface area contributed by atoms with Gasteiger partial charge in [0.15, 0.2) is 0 Å². The maximum atomic E-state index is 12.5. The first-order chi connectivity index (χ1) is 15.9. The Morgan fingerprint density at radius 2 is 1.85 bits per heavy atom. The van der Waals surface area contributed by atoms with Crippen molar-refractivity contribution >= 4 is 34.9 Å². The van der Waals surface area contributed by atoms with Crippen LogP contribution in [0.15, 0.2) is 54.6 Å². The van der Waals surface area contributed by atoms with Gasteiger partial charge in [0.05, 0.1) is 24.2 Å². The molecule has 1 aliphatic rings. The molecule has 9 heteroatoms. The number of piperidine rings is 1. The molecule has 0 atom stereocenters. The Morgan fingerprint density at radius 1 is 1.18 bits per heavy atom. The van der Waals surface area contributed by atoms with Crippen LogP contribution in [0.4, 0.5) is 0 Å². The van der Waals surface area contributed by atoms with Crippen molar-refractivity contribution in [1.29, 1.82) is 5.41 Å². The van der Waals surface area contributed by atoms with E-state index in [1.54, 1.807) is 29.2 Å². The third-order valence-electron chi connectivity index (χ3n) is 5.23. The SMILES string of the molecule is CO/C(=C\C(=N)C(=O)NCC(=O)N1CCC(Oc2ccccc2Cl)CC1)c1ccccc1O. The molecule has 33 heavy (non-hydrogen) atoms. The second-order valence-corrected chi connectivity index (χ2v) is 7.86. The molecule has 0 radical (unpaired) electrons. The number of aromatic hydroxyl groups is 1. The van der Waals surface area contributed by atoms with Crippen molar-refractivity contribution in [2.45, 2.75) is 18.9 Å². The first-order valence-electron chi connectivity index (χ1n) is 10.5. The maximum Gasteiger partial charge on any atom is 0.269 e. The van der Waals surface area contributed by atoms with Gasteiger partial charge in [0.1, 0.15) is 29.1 Å². The normalized spacial score (nSPS) is 14.5. The van der Waals surface area contributed by atoms with E-state index in [1.807, 2.05) is 18.2 Å². The number of rotatable bonds is 8. The van der Waals surface area contributed by atoms with E-state index < -0.39 is 11.6 Å². The summed E-state index contributed by atoms with van der Waals surface area (Å²) in [5.41, 5.74) is -0.0368. The first kappa shape index (κ1) is 24.1. The fourth-order valence-corrected chi connectivity index (χ4v) is 3.61. The largest absolute Gasteiger partial charge is 0.507 e. The van der Waals surface area contributed by atoms with Crippen LogP contribution in [0.3, 0.4) is 0 Å². The topological polar surface area (TPSA) is 112 Å². The van der Waals surface area contributed by atoms with Gasteiger partial charge in [0.2, 0.25) is 5.91 Å². The van der Waals surface area contributed by atoms with Crippen molar-refractivity contribution in [3.05, 3.63) is 65.2 Å². The summed E-state index contributed by atoms with van der Waals surface area (Å²) < 4.78 is 11.1. The Morgan fingerprint density at radius 3 is 2.52 bits per heavy atom. The number of likely N-dealkylation sites (tertiary alicyclic amines) is 1. The van der Waals surface area contributed by atoms with Gasteiger partial charge in [-0.1, -0.05) is 35.9 Å². The molecule has 3 N–H and O–H groups in total. The monoisotopic (exact) mass is 471 g/mol. The van der Waals surface area contributed by atoms with Crippen LogP contribution in [0.2, 0.25) is 5.02 Å². The van der Waals surface area contributed by atoms with E-state index in [0.717, 1.165) is 0 Å². The number of nitrogens with one attached hydrogen (secondary N) is 2. The molecule has 2 aromatic carbocycles. The predicted molar refractivity (Wildman–Crippen MR) is 126 cm³/mol. The quantitative estimate of drug-likeness (QED) is 0.404. The Hall–Kier alpha value is -3.52. The van der Waals surface area contributed by atoms with Gasteiger partial charge < -0.3 is 24.8 Å². The third-order valence-corrected chi connectivity index (χ3v) is 5.55. The standard InChI is InChI=1S/C24H26ClN3O5/c1-32-22(17-6-2-4-8-20(17)29)14-19(26)24(31)27-15-23(30)28-12-10-16(11-13-28)33-21-9-5-3-7-18(21)25/h2-9,14,16,26,29H,10-13,15H2,1H3,(H,27,31)/b22-14-,26-19?. The van der Waals surface area contributed by atoms with Gasteiger partial charge in [-0.25, -0.2) is 0 Å². The highest BCUT2D eigenvalue weighted by Crippen LogP contribution is 2.27. The summed E-state index contributed by atoms with van der Waals surface area (Å²) in [6.07, 6.45) is 2.47. The van der Waals surface area contributed by atoms with E-state index >= 15 is 0 Å². The van der Waals surface area contributed by atoms with Gasteiger partial charge >= 0.3 is 0 Å². The summed E-state index contributed by atoms with van der Waals surface area (Å²) in [4.78, 5) is 26.4. The Balaban J connectivity index is 1.47. The molecule has 2 aromatic rings. The lowest BCUT2D eigenvalue weighted by molar-refractivity contribution is -0.133. The van der Waals surface area contributed by atoms with Crippen molar-refractivity contribution in [1.82, 2.24) is 10.2 Å². The summed E-state index contributed by atoms with van der Waals surface area (Å²) in [5, 5.41) is 20.9. The van der Waals surface area contributed by atoms with Gasteiger partial charge in [-0.15, -0.1) is 0 Å². The Bertz CT molecular complexity index is 1050. The van der Waals surface area contributed by atoms with Crippen molar-refractivity contribution < 1.29 is 24.2 Å². The van der Waals surface area contributed by atoms with Crippen LogP contribution in [-0.4, -0.2) is 60.4 Å². The minimum Gasteiger partial charge on any atom is -0.507 e. The fraction of sp³-hybridized carbons (Fsp3) is 0.292. The van der Waals surface area contributed by atoms with E-state index in [-0.39, 0.29) is 30.1 Å². The molecule has 8 nitrogen and oxygen atoms in total. The van der Waals surface area contributed by atoms with Crippen LogP contribution in [-0.2, 0) is 14.3 Å². The molecule has 1 heterocycles. The van der Waals surface area contributed by atoms with Gasteiger partial charge in [0.25, 0.3) is 5.91 Å². The summed E-state index contributed by atoms with van der Waals surface area (Å²) in [6.45, 7) is 0.786. The lowest BCUT2D eigenvalue weighted by Crippen LogP contribution is -2.46. The summed E-state index contributed by atoms with van der Waals surface area (Å²) >= 11 is 6.13. The zero-order valence-electron chi connectivity index (χ0n) is 18.2. The predicted octanol–water partition coefficient (Wildman–Crippen LogP) is 3.24. The molecule has 174 valence electrons. The molecular weight excluding hydrogens is 446 g/mol. The van der Waals surface area contributed by atoms with E-state index in [9.17, 15) is 14.7 Å². The molecule has 1 fully saturated rings. The summed E-state index contributed by atoms with van der Waals surface area (Å²) in [5.74, 6) is -0.188. The van der Waals surface area contributed by atoms with Gasteiger partial charge in [-0.2, -0.15) is 0 Å². The lowest BCUT2D eigenvalue weighted by Gasteiger charge is -2.32. The minimum absolute atomic E-state index is 0.0316. The number of phenolic OH excluding ortho intramolecular Hbond substituents is 1. The molecule has 0 spiro atoms. The minimum atomic E-state index is -0.717. The molecule has 0 bridgehead atoms. The second-order valence-electron chi connectivity index (χ2n) is 7.45. The molecule has 0 aromatic heterocycles. The average molecular weight is 472 g/mol. The number of carbonyl (C=O) groups is 2. The van der Waals surface area contributed by atoms with Crippen LogP contribution in [0, 0.1) is 5.41 Å². The summed E-state index contributed by atoms with van der Waals surface area (Å²) in [7, 11) is 1.38. The Kier molecular flexibility index (Phi) is 8.32. The Labute approximate surface area is 197 Å². The third kappa shape index (κ3) is 6.49. The van der Waals surface area contributed by atoms with Crippen molar-refractivity contribution in [2.24, 2.45) is 0 Å². The number of carbonyl (C=O) groups excluding carboxylic acids is 2. The molecular formula is C24H26ClN3O5. The zero-order chi connectivity index (χ0) is 23.8. The molecule has 1 aliphatic heterocycles. The first-order valence-corrected chi connectivity index (χ1v) is 10.9. The van der Waals surface area contributed by atoms with E-state index in [1.165, 1.54) is 19.3 Å². The molecule has 0 saturated carbocycles. The molecule has 2 amide bonds. The lowest BCUT2D eigenvalue weighted by atomic mass is 10.1. The van der Waals surface area contributed by atoms with Crippen LogP contribution < -0.4 is 10.1 Å². The molecule has 0 unspecified atom stereocenters. The zero-order valence-corrected chi connectivity index (χ0v) is 19.0. The van der Waals surface area contributed by atoms with Crippen molar-refractivity contribution in [3.8, 4) is 11.5 Å². The maximum absolute atomic E-state index is 12.5. The van der Waals surface area contributed by atoms with Crippen LogP contribution in [0.1, 0.15) is 18.4 Å². The number of ether oxygens (including phenoxy) is 2. The number of hydrogen-bond acceptors (Lipinski definition) is 6. The van der Waals surface area contributed by atoms with Crippen LogP contribution >= 0.6 is 11.6 Å². The highest BCUT2D eigenvalue weighted by atomic mass is 35.5. The number of amides is 2. The fourth-order valence-electron chi connectivity index (χ4n) is 3.43. The van der Waals surface area contributed by atoms with E-state index in [2.05, 4.69) is 5.32 Å². The van der Waals surface area contributed by atoms with E-state index in [4.69, 9.17) is 26.5 Å². The smallest absolute Gasteiger partial charge is 0.269 e. The highest BCUT2D eigenvalue weighted by Gasteiger charge is 2.25. The van der Waals surface area contributed by atoms with Crippen LogP contribution in [0.5, 0.6) is 11.5 Å². The van der Waals surface area contributed by atoms with E-state index in [0.29, 0.717) is 42.3 Å². The number of phenols is 1. The molecule has 1 saturated heterocycles. The van der Waals surface area contributed by atoms with Crippen LogP contribution in [0.25, 0.3) is 5.76 Å². The highest BCUT2D eigenvalue weighted by molar-refractivity contribution is 6.43. The van der Waals surface area contributed by atoms with Crippen molar-refractivity contribution in [3.63, 3.8) is 0 Å². The van der Waals surface area contributed by atoms with Gasteiger partial charge in [0, 0.05) is 32.0 Å². The van der Waals surface area contributed by atoms with Crippen molar-refractivity contribution in [2.75, 3.05) is 26.7 Å². The summed E-state index contributed by atoms with van der Waals surface area (Å²) in [6, 6.07) is 13.7. The number of halogens is 1. The van der Waals surface area contributed by atoms with Gasteiger partial charge in [-0.3, -0.25) is 15.0 Å². The molecule has 3 rings (SSSR count). The number of benzene rings is 2. The number of methoxy groups -OCH3 is 1. The second kappa shape index (κ2) is 11.4. The molecule has 0 aliphatic carbocycles. The number of nitrogens with zero attached hydrogens (tertiary/aromatic N) is 1. The number of para-hydroxylation sites is 2. The van der Waals surface area contributed by atoms with Gasteiger partial charge in [-0.05, 0) is 24.3 Å². The average Bonchev–Trinajstić information content (AvgIpc) is 2.83. The number of hydrogen-bond donors (Lipinski definition) is 3.